The van der Waals surface area contributed by atoms with Crippen LogP contribution in [-0.2, 0) is 0 Å². The number of hydrogen-bond donors (Lipinski definition) is 2. The molecular weight excluding hydrogens is 272 g/mol. The monoisotopic (exact) mass is 294 g/mol. The molecule has 3 heteroatoms. The van der Waals surface area contributed by atoms with Crippen molar-refractivity contribution in [3.05, 3.63) is 71.8 Å². The summed E-state index contributed by atoms with van der Waals surface area (Å²) in [5.74, 6) is -0.0122. The lowest BCUT2D eigenvalue weighted by molar-refractivity contribution is 0.0923. The third kappa shape index (κ3) is 3.55. The molecule has 0 aliphatic carbocycles. The van der Waals surface area contributed by atoms with Crippen LogP contribution in [0.1, 0.15) is 41.2 Å². The zero-order valence-electron chi connectivity index (χ0n) is 12.7. The minimum atomic E-state index is -0.0122. The van der Waals surface area contributed by atoms with Crippen molar-refractivity contribution in [1.82, 2.24) is 10.6 Å². The fourth-order valence-corrected chi connectivity index (χ4v) is 3.05. The van der Waals surface area contributed by atoms with Crippen LogP contribution in [0.25, 0.3) is 0 Å². The molecule has 1 heterocycles. The van der Waals surface area contributed by atoms with Crippen molar-refractivity contribution in [2.75, 3.05) is 6.54 Å². The highest BCUT2D eigenvalue weighted by molar-refractivity contribution is 5.94. The normalized spacial score (nSPS) is 19.4. The van der Waals surface area contributed by atoms with Gasteiger partial charge in [-0.2, -0.15) is 0 Å². The van der Waals surface area contributed by atoms with Gasteiger partial charge in [-0.15, -0.1) is 0 Å². The maximum atomic E-state index is 12.5. The Balaban J connectivity index is 1.81. The second-order valence-corrected chi connectivity index (χ2v) is 5.78. The fourth-order valence-electron chi connectivity index (χ4n) is 3.05. The summed E-state index contributed by atoms with van der Waals surface area (Å²) in [4.78, 5) is 12.5. The quantitative estimate of drug-likeness (QED) is 0.908. The molecule has 2 N–H and O–H groups in total. The zero-order chi connectivity index (χ0) is 15.2. The number of nitrogens with one attached hydrogen (secondary N) is 2. The Morgan fingerprint density at radius 1 is 1.00 bits per heavy atom. The third-order valence-electron chi connectivity index (χ3n) is 4.23. The van der Waals surface area contributed by atoms with Gasteiger partial charge in [-0.1, -0.05) is 55.0 Å². The molecule has 1 saturated heterocycles. The molecule has 1 fully saturated rings. The van der Waals surface area contributed by atoms with E-state index in [1.165, 1.54) is 12.8 Å². The van der Waals surface area contributed by atoms with Gasteiger partial charge >= 0.3 is 0 Å². The van der Waals surface area contributed by atoms with Crippen molar-refractivity contribution in [2.45, 2.75) is 31.3 Å². The van der Waals surface area contributed by atoms with Crippen LogP contribution < -0.4 is 10.6 Å². The Bertz CT molecular complexity index is 591. The average molecular weight is 294 g/mol. The lowest BCUT2D eigenvalue weighted by atomic mass is 9.92. The molecule has 0 bridgehead atoms. The van der Waals surface area contributed by atoms with E-state index in [1.807, 2.05) is 48.5 Å². The first-order valence-electron chi connectivity index (χ1n) is 7.99. The Morgan fingerprint density at radius 2 is 1.68 bits per heavy atom. The molecule has 3 rings (SSSR count). The highest BCUT2D eigenvalue weighted by Gasteiger charge is 2.26. The van der Waals surface area contributed by atoms with E-state index in [4.69, 9.17) is 0 Å². The molecule has 0 aromatic heterocycles. The van der Waals surface area contributed by atoms with Gasteiger partial charge in [-0.05, 0) is 37.1 Å². The van der Waals surface area contributed by atoms with Crippen LogP contribution in [0, 0.1) is 0 Å². The van der Waals surface area contributed by atoms with E-state index in [2.05, 4.69) is 22.8 Å². The first-order valence-corrected chi connectivity index (χ1v) is 7.99. The van der Waals surface area contributed by atoms with Gasteiger partial charge in [0.15, 0.2) is 0 Å². The summed E-state index contributed by atoms with van der Waals surface area (Å²) in [6.45, 7) is 1.02. The molecule has 0 saturated carbocycles. The molecule has 2 aromatic rings. The second-order valence-electron chi connectivity index (χ2n) is 5.78. The summed E-state index contributed by atoms with van der Waals surface area (Å²) in [6, 6.07) is 20.0. The van der Waals surface area contributed by atoms with Gasteiger partial charge in [-0.3, -0.25) is 4.79 Å². The molecule has 0 unspecified atom stereocenters. The number of carbonyl (C=O) groups is 1. The van der Waals surface area contributed by atoms with E-state index in [1.54, 1.807) is 0 Å². The van der Waals surface area contributed by atoms with Gasteiger partial charge in [0.25, 0.3) is 5.91 Å². The van der Waals surface area contributed by atoms with Crippen molar-refractivity contribution < 1.29 is 4.79 Å². The number of amides is 1. The Hall–Kier alpha value is -2.13. The van der Waals surface area contributed by atoms with Crippen molar-refractivity contribution >= 4 is 5.91 Å². The summed E-state index contributed by atoms with van der Waals surface area (Å²) in [6.07, 6.45) is 3.52. The Morgan fingerprint density at radius 3 is 2.32 bits per heavy atom. The van der Waals surface area contributed by atoms with Crippen LogP contribution in [0.3, 0.4) is 0 Å². The summed E-state index contributed by atoms with van der Waals surface area (Å²) >= 11 is 0. The molecule has 114 valence electrons. The summed E-state index contributed by atoms with van der Waals surface area (Å²) in [7, 11) is 0. The molecule has 1 aliphatic heterocycles. The summed E-state index contributed by atoms with van der Waals surface area (Å²) in [5, 5.41) is 6.78. The van der Waals surface area contributed by atoms with Gasteiger partial charge < -0.3 is 10.6 Å². The van der Waals surface area contributed by atoms with E-state index in [9.17, 15) is 4.79 Å². The maximum absolute atomic E-state index is 12.5. The van der Waals surface area contributed by atoms with Crippen molar-refractivity contribution in [3.63, 3.8) is 0 Å². The van der Waals surface area contributed by atoms with E-state index >= 15 is 0 Å². The van der Waals surface area contributed by atoms with Crippen LogP contribution >= 0.6 is 0 Å². The standard InChI is InChI=1S/C19H22N2O/c22-19(16-11-5-2-6-12-16)21-18(15-9-3-1-4-10-15)17-13-7-8-14-20-17/h1-6,9-12,17-18,20H,7-8,13-14H2,(H,21,22)/t17-,18+/m0/s1. The number of piperidine rings is 1. The van der Waals surface area contributed by atoms with Crippen molar-refractivity contribution in [2.24, 2.45) is 0 Å². The molecule has 0 spiro atoms. The van der Waals surface area contributed by atoms with Crippen molar-refractivity contribution in [3.8, 4) is 0 Å². The average Bonchev–Trinajstić information content (AvgIpc) is 2.62. The fraction of sp³-hybridized carbons (Fsp3) is 0.316. The molecule has 0 radical (unpaired) electrons. The molecule has 2 aromatic carbocycles. The van der Waals surface area contributed by atoms with Gasteiger partial charge in [0, 0.05) is 11.6 Å². The molecule has 1 aliphatic rings. The zero-order valence-corrected chi connectivity index (χ0v) is 12.7. The lowest BCUT2D eigenvalue weighted by Crippen LogP contribution is -2.46. The van der Waals surface area contributed by atoms with E-state index < -0.39 is 0 Å². The summed E-state index contributed by atoms with van der Waals surface area (Å²) < 4.78 is 0. The van der Waals surface area contributed by atoms with E-state index in [-0.39, 0.29) is 11.9 Å². The Kier molecular flexibility index (Phi) is 4.86. The first kappa shape index (κ1) is 14.8. The molecule has 2 atom stereocenters. The smallest absolute Gasteiger partial charge is 0.251 e. The minimum Gasteiger partial charge on any atom is -0.344 e. The summed E-state index contributed by atoms with van der Waals surface area (Å²) in [5.41, 5.74) is 1.87. The van der Waals surface area contributed by atoms with Crippen LogP contribution in [0.5, 0.6) is 0 Å². The molecule has 3 nitrogen and oxygen atoms in total. The van der Waals surface area contributed by atoms with Gasteiger partial charge in [0.2, 0.25) is 0 Å². The van der Waals surface area contributed by atoms with Crippen LogP contribution in [0.15, 0.2) is 60.7 Å². The van der Waals surface area contributed by atoms with Crippen LogP contribution in [-0.4, -0.2) is 18.5 Å². The van der Waals surface area contributed by atoms with E-state index in [0.717, 1.165) is 18.5 Å². The molecule has 1 amide bonds. The molecular formula is C19H22N2O. The highest BCUT2D eigenvalue weighted by Crippen LogP contribution is 2.23. The number of benzene rings is 2. The largest absolute Gasteiger partial charge is 0.344 e. The van der Waals surface area contributed by atoms with Crippen LogP contribution in [0.2, 0.25) is 0 Å². The molecule has 22 heavy (non-hydrogen) atoms. The van der Waals surface area contributed by atoms with Gasteiger partial charge in [0.05, 0.1) is 6.04 Å². The SMILES string of the molecule is O=C(N[C@H](c1ccccc1)[C@@H]1CCCCN1)c1ccccc1. The number of hydrogen-bond acceptors (Lipinski definition) is 2. The van der Waals surface area contributed by atoms with Crippen molar-refractivity contribution in [1.29, 1.82) is 0 Å². The third-order valence-corrected chi connectivity index (χ3v) is 4.23. The second kappa shape index (κ2) is 7.23. The first-order chi connectivity index (χ1) is 10.8. The minimum absolute atomic E-state index is 0.00852. The highest BCUT2D eigenvalue weighted by atomic mass is 16.1. The van der Waals surface area contributed by atoms with Gasteiger partial charge in [-0.25, -0.2) is 0 Å². The maximum Gasteiger partial charge on any atom is 0.251 e. The topological polar surface area (TPSA) is 41.1 Å². The van der Waals surface area contributed by atoms with Gasteiger partial charge in [0.1, 0.15) is 0 Å². The number of rotatable bonds is 4. The van der Waals surface area contributed by atoms with Crippen LogP contribution in [0.4, 0.5) is 0 Å². The number of carbonyl (C=O) groups excluding carboxylic acids is 1. The van der Waals surface area contributed by atoms with E-state index in [0.29, 0.717) is 11.6 Å². The lowest BCUT2D eigenvalue weighted by Gasteiger charge is -2.32. The predicted octanol–water partition coefficient (Wildman–Crippen LogP) is 3.30. The Labute approximate surface area is 131 Å². The predicted molar refractivity (Wildman–Crippen MR) is 88.7 cm³/mol.